The Hall–Kier alpha value is -5.94. The second-order valence-electron chi connectivity index (χ2n) is 12.6. The summed E-state index contributed by atoms with van der Waals surface area (Å²) in [4.78, 5) is 11.7. The van der Waals surface area contributed by atoms with Crippen molar-refractivity contribution in [3.05, 3.63) is 170 Å². The standard InChI is InChI=1S/C46H28N2S2/c1-2-11-29(12-3-1)30-23-25-31(26-24-30)32-13-8-14-33(27-32)34-15-9-16-35(28-34)44-43-37-18-5-7-21-40(37)50-46(43)48-45(47-44)38-19-10-22-41-42(38)36-17-4-6-20-39(36)49-41/h1-28H. The highest BCUT2D eigenvalue weighted by Gasteiger charge is 2.19. The van der Waals surface area contributed by atoms with Crippen molar-refractivity contribution in [3.63, 3.8) is 0 Å². The second kappa shape index (κ2) is 11.9. The van der Waals surface area contributed by atoms with Crippen LogP contribution in [-0.4, -0.2) is 9.97 Å². The highest BCUT2D eigenvalue weighted by molar-refractivity contribution is 7.26. The molecule has 3 heterocycles. The Morgan fingerprint density at radius 3 is 1.58 bits per heavy atom. The maximum atomic E-state index is 5.43. The van der Waals surface area contributed by atoms with Crippen molar-refractivity contribution < 1.29 is 0 Å². The fraction of sp³-hybridized carbons (Fsp3) is 0. The molecule has 0 unspecified atom stereocenters. The Balaban J connectivity index is 1.11. The van der Waals surface area contributed by atoms with E-state index >= 15 is 0 Å². The highest BCUT2D eigenvalue weighted by atomic mass is 32.1. The third-order valence-corrected chi connectivity index (χ3v) is 11.7. The van der Waals surface area contributed by atoms with Crippen LogP contribution in [0.1, 0.15) is 0 Å². The smallest absolute Gasteiger partial charge is 0.162 e. The number of aromatic nitrogens is 2. The van der Waals surface area contributed by atoms with Crippen LogP contribution in [0.15, 0.2) is 170 Å². The maximum Gasteiger partial charge on any atom is 0.162 e. The molecule has 0 N–H and O–H groups in total. The van der Waals surface area contributed by atoms with Crippen LogP contribution < -0.4 is 0 Å². The number of thiophene rings is 2. The van der Waals surface area contributed by atoms with Gasteiger partial charge in [0.15, 0.2) is 5.82 Å². The van der Waals surface area contributed by atoms with Gasteiger partial charge in [0.1, 0.15) is 4.83 Å². The van der Waals surface area contributed by atoms with E-state index in [1.165, 1.54) is 58.1 Å². The van der Waals surface area contributed by atoms with Gasteiger partial charge in [0, 0.05) is 46.8 Å². The summed E-state index contributed by atoms with van der Waals surface area (Å²) in [6.45, 7) is 0. The summed E-state index contributed by atoms with van der Waals surface area (Å²) in [5.74, 6) is 0.763. The van der Waals surface area contributed by atoms with Crippen LogP contribution in [0.25, 0.3) is 96.5 Å². The summed E-state index contributed by atoms with van der Waals surface area (Å²) in [7, 11) is 0. The Bertz CT molecular complexity index is 2860. The lowest BCUT2D eigenvalue weighted by Crippen LogP contribution is -1.94. The van der Waals surface area contributed by atoms with Gasteiger partial charge < -0.3 is 0 Å². The minimum absolute atomic E-state index is 0.763. The molecule has 7 aromatic carbocycles. The van der Waals surface area contributed by atoms with Gasteiger partial charge in [0.05, 0.1) is 5.69 Å². The van der Waals surface area contributed by atoms with Gasteiger partial charge in [-0.15, -0.1) is 22.7 Å². The van der Waals surface area contributed by atoms with Crippen LogP contribution in [0.3, 0.4) is 0 Å². The molecule has 0 saturated heterocycles. The SMILES string of the molecule is c1ccc(-c2ccc(-c3cccc(-c4cccc(-c5nc(-c6cccc7sc8ccccc8c67)nc6sc7ccccc7c56)c4)c3)cc2)cc1. The average molecular weight is 673 g/mol. The quantitative estimate of drug-likeness (QED) is 0.182. The zero-order chi connectivity index (χ0) is 33.0. The van der Waals surface area contributed by atoms with Gasteiger partial charge in [-0.3, -0.25) is 0 Å². The van der Waals surface area contributed by atoms with E-state index in [1.807, 2.05) is 11.3 Å². The topological polar surface area (TPSA) is 25.8 Å². The third-order valence-electron chi connectivity index (χ3n) is 9.54. The van der Waals surface area contributed by atoms with Gasteiger partial charge in [-0.05, 0) is 63.7 Å². The lowest BCUT2D eigenvalue weighted by Gasteiger charge is -2.11. The van der Waals surface area contributed by atoms with E-state index in [9.17, 15) is 0 Å². The van der Waals surface area contributed by atoms with Crippen LogP contribution in [-0.2, 0) is 0 Å². The third kappa shape index (κ3) is 4.92. The summed E-state index contributed by atoms with van der Waals surface area (Å²) in [6, 6.07) is 60.8. The first kappa shape index (κ1) is 29.0. The first-order valence-corrected chi connectivity index (χ1v) is 18.4. The first-order chi connectivity index (χ1) is 24.8. The van der Waals surface area contributed by atoms with Crippen molar-refractivity contribution in [2.24, 2.45) is 0 Å². The molecule has 4 heteroatoms. The normalized spacial score (nSPS) is 11.6. The molecule has 2 nitrogen and oxygen atoms in total. The van der Waals surface area contributed by atoms with Crippen LogP contribution in [0, 0.1) is 0 Å². The van der Waals surface area contributed by atoms with Crippen molar-refractivity contribution in [3.8, 4) is 56.0 Å². The van der Waals surface area contributed by atoms with E-state index in [4.69, 9.17) is 9.97 Å². The van der Waals surface area contributed by atoms with E-state index in [1.54, 1.807) is 11.3 Å². The minimum atomic E-state index is 0.763. The molecule has 0 bridgehead atoms. The van der Waals surface area contributed by atoms with Crippen LogP contribution in [0.5, 0.6) is 0 Å². The summed E-state index contributed by atoms with van der Waals surface area (Å²) >= 11 is 3.57. The monoisotopic (exact) mass is 672 g/mol. The van der Waals surface area contributed by atoms with E-state index in [0.717, 1.165) is 38.4 Å². The van der Waals surface area contributed by atoms with Crippen LogP contribution in [0.4, 0.5) is 0 Å². The average Bonchev–Trinajstić information content (AvgIpc) is 3.77. The zero-order valence-corrected chi connectivity index (χ0v) is 28.5. The molecule has 3 aromatic heterocycles. The number of fused-ring (bicyclic) bond motifs is 6. The Kier molecular flexibility index (Phi) is 6.90. The molecular formula is C46H28N2S2. The van der Waals surface area contributed by atoms with E-state index in [2.05, 4.69) is 170 Å². The lowest BCUT2D eigenvalue weighted by atomic mass is 9.95. The number of hydrogen-bond acceptors (Lipinski definition) is 4. The first-order valence-electron chi connectivity index (χ1n) is 16.7. The molecule has 0 atom stereocenters. The van der Waals surface area contributed by atoms with E-state index < -0.39 is 0 Å². The summed E-state index contributed by atoms with van der Waals surface area (Å²) in [6.07, 6.45) is 0. The number of hydrogen-bond donors (Lipinski definition) is 0. The van der Waals surface area contributed by atoms with Crippen molar-refractivity contribution in [1.82, 2.24) is 9.97 Å². The molecule has 10 rings (SSSR count). The second-order valence-corrected chi connectivity index (χ2v) is 14.7. The van der Waals surface area contributed by atoms with Gasteiger partial charge in [-0.25, -0.2) is 9.97 Å². The van der Waals surface area contributed by atoms with E-state index in [-0.39, 0.29) is 0 Å². The van der Waals surface area contributed by atoms with Crippen molar-refractivity contribution in [2.45, 2.75) is 0 Å². The van der Waals surface area contributed by atoms with Crippen LogP contribution in [0.2, 0.25) is 0 Å². The number of rotatable bonds is 5. The molecule has 0 amide bonds. The minimum Gasteiger partial charge on any atom is -0.227 e. The fourth-order valence-corrected chi connectivity index (χ4v) is 9.33. The van der Waals surface area contributed by atoms with Crippen molar-refractivity contribution in [1.29, 1.82) is 0 Å². The predicted molar refractivity (Wildman–Crippen MR) is 215 cm³/mol. The molecular weight excluding hydrogens is 645 g/mol. The molecule has 0 fully saturated rings. The molecule has 0 spiro atoms. The fourth-order valence-electron chi connectivity index (χ4n) is 7.12. The summed E-state index contributed by atoms with van der Waals surface area (Å²) in [5.41, 5.74) is 10.3. The Morgan fingerprint density at radius 1 is 0.340 bits per heavy atom. The van der Waals surface area contributed by atoms with Crippen molar-refractivity contribution >= 4 is 63.1 Å². The number of nitrogens with zero attached hydrogens (tertiary/aromatic N) is 2. The van der Waals surface area contributed by atoms with E-state index in [0.29, 0.717) is 0 Å². The largest absolute Gasteiger partial charge is 0.227 e. The van der Waals surface area contributed by atoms with Gasteiger partial charge in [-0.1, -0.05) is 140 Å². The zero-order valence-electron chi connectivity index (χ0n) is 26.9. The van der Waals surface area contributed by atoms with Gasteiger partial charge in [0.25, 0.3) is 0 Å². The van der Waals surface area contributed by atoms with Gasteiger partial charge >= 0.3 is 0 Å². The van der Waals surface area contributed by atoms with Gasteiger partial charge in [0.2, 0.25) is 0 Å². The predicted octanol–water partition coefficient (Wildman–Crippen LogP) is 13.5. The summed E-state index contributed by atoms with van der Waals surface area (Å²) < 4.78 is 3.75. The molecule has 10 aromatic rings. The molecule has 0 aliphatic carbocycles. The summed E-state index contributed by atoms with van der Waals surface area (Å²) in [5, 5.41) is 4.78. The molecule has 0 aliphatic heterocycles. The molecule has 0 aliphatic rings. The molecule has 0 radical (unpaired) electrons. The maximum absolute atomic E-state index is 5.43. The molecule has 50 heavy (non-hydrogen) atoms. The Labute approximate surface area is 297 Å². The molecule has 234 valence electrons. The lowest BCUT2D eigenvalue weighted by molar-refractivity contribution is 1.25. The highest BCUT2D eigenvalue weighted by Crippen LogP contribution is 2.43. The van der Waals surface area contributed by atoms with Crippen LogP contribution >= 0.6 is 22.7 Å². The van der Waals surface area contributed by atoms with Crippen molar-refractivity contribution in [2.75, 3.05) is 0 Å². The Morgan fingerprint density at radius 2 is 0.840 bits per heavy atom. The number of benzene rings is 7. The molecule has 0 saturated carbocycles. The van der Waals surface area contributed by atoms with Gasteiger partial charge in [-0.2, -0.15) is 0 Å².